The number of unbranched alkanes of at least 4 members (excludes halogenated alkanes) is 3. The van der Waals surface area contributed by atoms with Gasteiger partial charge in [-0.2, -0.15) is 0 Å². The second kappa shape index (κ2) is 7.30. The van der Waals surface area contributed by atoms with E-state index in [9.17, 15) is 14.4 Å². The molecule has 0 saturated carbocycles. The molecule has 0 fully saturated rings. The molecule has 0 saturated heterocycles. The minimum absolute atomic E-state index is 0. The van der Waals surface area contributed by atoms with Crippen LogP contribution in [0.25, 0.3) is 0 Å². The molecule has 11 heavy (non-hydrogen) atoms. The second-order valence-electron chi connectivity index (χ2n) is 2.40. The zero-order chi connectivity index (χ0) is 8.04. The molecule has 0 aliphatic rings. The van der Waals surface area contributed by atoms with Crippen LogP contribution >= 0.6 is 7.60 Å². The Kier molecular flexibility index (Phi) is 9.41. The molecule has 3 nitrogen and oxygen atoms in total. The third-order valence-corrected chi connectivity index (χ3v) is 2.15. The fraction of sp³-hybridized carbons (Fsp3) is 1.00. The van der Waals surface area contributed by atoms with Crippen LogP contribution in [-0.2, 0) is 21.1 Å². The first kappa shape index (κ1) is 14.2. The van der Waals surface area contributed by atoms with Crippen molar-refractivity contribution < 1.29 is 30.8 Å². The van der Waals surface area contributed by atoms with Crippen LogP contribution in [0.3, 0.4) is 0 Å². The zero-order valence-electron chi connectivity index (χ0n) is 6.52. The summed E-state index contributed by atoms with van der Waals surface area (Å²) in [7, 11) is -4.21. The first-order chi connectivity index (χ1) is 4.56. The van der Waals surface area contributed by atoms with Crippen molar-refractivity contribution in [1.82, 2.24) is 0 Å². The molecular weight excluding hydrogens is 210 g/mol. The molecule has 0 bridgehead atoms. The minimum atomic E-state index is -4.21. The van der Waals surface area contributed by atoms with E-state index in [0.29, 0.717) is 6.42 Å². The Hall–Kier alpha value is 0.644. The monoisotopic (exact) mass is 222 g/mol. The maximum Gasteiger partial charge on any atom is 2.00 e. The van der Waals surface area contributed by atoms with Gasteiger partial charge in [0.25, 0.3) is 0 Å². The van der Waals surface area contributed by atoms with E-state index in [0.717, 1.165) is 19.3 Å². The zero-order valence-corrected chi connectivity index (χ0v) is 8.41. The predicted molar refractivity (Wildman–Crippen MR) is 36.6 cm³/mol. The van der Waals surface area contributed by atoms with Gasteiger partial charge < -0.3 is 14.4 Å². The van der Waals surface area contributed by atoms with E-state index in [1.54, 1.807) is 0 Å². The number of hydrogen-bond donors (Lipinski definition) is 0. The quantitative estimate of drug-likeness (QED) is 0.386. The van der Waals surface area contributed by atoms with Gasteiger partial charge in [0.1, 0.15) is 0 Å². The van der Waals surface area contributed by atoms with Gasteiger partial charge in [-0.3, -0.25) is 0 Å². The van der Waals surface area contributed by atoms with Crippen molar-refractivity contribution in [3.63, 3.8) is 0 Å². The van der Waals surface area contributed by atoms with Gasteiger partial charge >= 0.3 is 16.5 Å². The normalized spacial score (nSPS) is 10.8. The molecule has 0 unspecified atom stereocenters. The summed E-state index contributed by atoms with van der Waals surface area (Å²) in [6.07, 6.45) is 3.28. The van der Waals surface area contributed by atoms with Crippen LogP contribution in [0.5, 0.6) is 0 Å². The molecule has 0 radical (unpaired) electrons. The Morgan fingerprint density at radius 3 is 2.09 bits per heavy atom. The molecule has 0 amide bonds. The maximum absolute atomic E-state index is 10.1. The van der Waals surface area contributed by atoms with Gasteiger partial charge in [0.15, 0.2) is 0 Å². The van der Waals surface area contributed by atoms with Crippen molar-refractivity contribution in [2.24, 2.45) is 0 Å². The molecule has 0 rings (SSSR count). The third kappa shape index (κ3) is 13.6. The molecule has 0 aromatic carbocycles. The van der Waals surface area contributed by atoms with E-state index in [1.807, 2.05) is 6.92 Å². The molecule has 0 aliphatic carbocycles. The smallest absolute Gasteiger partial charge is 0.811 e. The fourth-order valence-electron chi connectivity index (χ4n) is 0.732. The summed E-state index contributed by atoms with van der Waals surface area (Å²) in [6.45, 7) is 2.04. The van der Waals surface area contributed by atoms with Gasteiger partial charge in [0.2, 0.25) is 0 Å². The molecule has 0 spiro atoms. The van der Waals surface area contributed by atoms with E-state index in [1.165, 1.54) is 0 Å². The van der Waals surface area contributed by atoms with Crippen molar-refractivity contribution in [2.45, 2.75) is 32.6 Å². The van der Waals surface area contributed by atoms with Crippen LogP contribution in [0.1, 0.15) is 32.6 Å². The number of rotatable bonds is 5. The summed E-state index contributed by atoms with van der Waals surface area (Å²) in [4.78, 5) is 20.1. The summed E-state index contributed by atoms with van der Waals surface area (Å²) in [6, 6.07) is 0. The van der Waals surface area contributed by atoms with Gasteiger partial charge in [-0.25, -0.2) is 0 Å². The van der Waals surface area contributed by atoms with Gasteiger partial charge in [0.05, 0.1) is 0 Å². The van der Waals surface area contributed by atoms with Crippen molar-refractivity contribution in [2.75, 3.05) is 6.16 Å². The van der Waals surface area contributed by atoms with Gasteiger partial charge in [-0.1, -0.05) is 33.8 Å². The van der Waals surface area contributed by atoms with Crippen molar-refractivity contribution in [3.05, 3.63) is 0 Å². The maximum atomic E-state index is 10.1. The second-order valence-corrected chi connectivity index (χ2v) is 4.06. The van der Waals surface area contributed by atoms with Crippen molar-refractivity contribution >= 4 is 7.60 Å². The first-order valence-corrected chi connectivity index (χ1v) is 5.30. The van der Waals surface area contributed by atoms with Crippen LogP contribution in [0.15, 0.2) is 0 Å². The average Bonchev–Trinajstić information content (AvgIpc) is 1.78. The third-order valence-electron chi connectivity index (χ3n) is 1.29. The molecule has 0 aliphatic heterocycles. The number of hydrogen-bond acceptors (Lipinski definition) is 3. The van der Waals surface area contributed by atoms with E-state index in [4.69, 9.17) is 0 Å². The largest absolute Gasteiger partial charge is 2.00 e. The Morgan fingerprint density at radius 1 is 1.18 bits per heavy atom. The summed E-state index contributed by atoms with van der Waals surface area (Å²) < 4.78 is 10.1. The summed E-state index contributed by atoms with van der Waals surface area (Å²) in [5.41, 5.74) is 0. The van der Waals surface area contributed by atoms with Crippen molar-refractivity contribution in [1.29, 1.82) is 0 Å². The Balaban J connectivity index is 0. The molecular formula is C6H13NiO3P. The van der Waals surface area contributed by atoms with Crippen LogP contribution in [0.2, 0.25) is 0 Å². The molecule has 70 valence electrons. The Bertz CT molecular complexity index is 123. The molecule has 0 aromatic heterocycles. The average molecular weight is 223 g/mol. The van der Waals surface area contributed by atoms with Gasteiger partial charge in [0, 0.05) is 0 Å². The Labute approximate surface area is 77.7 Å². The molecule has 0 N–H and O–H groups in total. The van der Waals surface area contributed by atoms with Gasteiger partial charge in [-0.05, 0) is 12.6 Å². The topological polar surface area (TPSA) is 63.2 Å². The molecule has 0 atom stereocenters. The van der Waals surface area contributed by atoms with E-state index in [2.05, 4.69) is 0 Å². The van der Waals surface area contributed by atoms with E-state index < -0.39 is 7.60 Å². The Morgan fingerprint density at radius 2 is 1.73 bits per heavy atom. The summed E-state index contributed by atoms with van der Waals surface area (Å²) >= 11 is 0. The van der Waals surface area contributed by atoms with Crippen LogP contribution < -0.4 is 9.79 Å². The standard InChI is InChI=1S/C6H15O3P.Ni/c1-2-3-4-5-6-10(7,8)9;/h2-6H2,1H3,(H2,7,8,9);/q;+2/p-2. The fourth-order valence-corrected chi connectivity index (χ4v) is 1.34. The van der Waals surface area contributed by atoms with Crippen LogP contribution in [-0.4, -0.2) is 6.16 Å². The van der Waals surface area contributed by atoms with E-state index in [-0.39, 0.29) is 22.7 Å². The molecule has 5 heteroatoms. The van der Waals surface area contributed by atoms with E-state index >= 15 is 0 Å². The molecule has 0 aromatic rings. The van der Waals surface area contributed by atoms with Gasteiger partial charge in [-0.15, -0.1) is 0 Å². The van der Waals surface area contributed by atoms with Crippen LogP contribution in [0, 0.1) is 0 Å². The summed E-state index contributed by atoms with van der Waals surface area (Å²) in [5.74, 6) is 0. The SMILES string of the molecule is CCCCCCP(=O)([O-])[O-].[Ni+2]. The molecule has 0 heterocycles. The van der Waals surface area contributed by atoms with Crippen LogP contribution in [0.4, 0.5) is 0 Å². The predicted octanol–water partition coefficient (Wildman–Crippen LogP) is 0.478. The minimum Gasteiger partial charge on any atom is -0.811 e. The first-order valence-electron chi connectivity index (χ1n) is 3.57. The van der Waals surface area contributed by atoms with Crippen molar-refractivity contribution in [3.8, 4) is 0 Å². The summed E-state index contributed by atoms with van der Waals surface area (Å²) in [5, 5.41) is 0.